The summed E-state index contributed by atoms with van der Waals surface area (Å²) < 4.78 is 5.66. The minimum absolute atomic E-state index is 0.146. The van der Waals surface area contributed by atoms with Gasteiger partial charge >= 0.3 is 6.09 Å². The van der Waals surface area contributed by atoms with Gasteiger partial charge < -0.3 is 19.4 Å². The zero-order chi connectivity index (χ0) is 24.2. The molecule has 0 unspecified atom stereocenters. The van der Waals surface area contributed by atoms with Gasteiger partial charge in [-0.15, -0.1) is 0 Å². The number of anilines is 2. The number of benzene rings is 2. The van der Waals surface area contributed by atoms with Gasteiger partial charge in [0.15, 0.2) is 5.75 Å². The van der Waals surface area contributed by atoms with Crippen LogP contribution in [0, 0.1) is 11.3 Å². The van der Waals surface area contributed by atoms with Crippen LogP contribution in [0.2, 0.25) is 0 Å². The molecule has 8 nitrogen and oxygen atoms in total. The van der Waals surface area contributed by atoms with E-state index in [9.17, 15) is 10.1 Å². The molecule has 8 heteroatoms. The van der Waals surface area contributed by atoms with Crippen LogP contribution in [0.15, 0.2) is 48.5 Å². The number of hydrogen-bond acceptors (Lipinski definition) is 6. The van der Waals surface area contributed by atoms with Crippen molar-refractivity contribution in [2.45, 2.75) is 18.8 Å². The number of amides is 1. The first kappa shape index (κ1) is 23.2. The highest BCUT2D eigenvalue weighted by molar-refractivity contribution is 5.73. The number of carbonyl (C=O) groups is 1. The van der Waals surface area contributed by atoms with Gasteiger partial charge in [-0.1, -0.05) is 12.1 Å². The fourth-order valence-corrected chi connectivity index (χ4v) is 4.15. The lowest BCUT2D eigenvalue weighted by Gasteiger charge is -2.31. The maximum absolute atomic E-state index is 13.0. The van der Waals surface area contributed by atoms with Crippen LogP contribution in [0.25, 0.3) is 11.3 Å². The number of piperidine rings is 1. The van der Waals surface area contributed by atoms with Crippen molar-refractivity contribution in [2.75, 3.05) is 51.1 Å². The van der Waals surface area contributed by atoms with Gasteiger partial charge in [0.1, 0.15) is 6.07 Å². The lowest BCUT2D eigenvalue weighted by molar-refractivity contribution is 0.136. The second-order valence-electron chi connectivity index (χ2n) is 8.99. The van der Waals surface area contributed by atoms with Crippen molar-refractivity contribution in [3.05, 3.63) is 59.8 Å². The van der Waals surface area contributed by atoms with Crippen LogP contribution < -0.4 is 14.5 Å². The smallest absolute Gasteiger partial charge is 0.409 e. The molecule has 0 radical (unpaired) electrons. The molecule has 1 atom stereocenters. The Morgan fingerprint density at radius 1 is 1.09 bits per heavy atom. The van der Waals surface area contributed by atoms with Gasteiger partial charge in [-0.25, -0.2) is 4.79 Å². The molecule has 1 saturated heterocycles. The lowest BCUT2D eigenvalue weighted by Crippen LogP contribution is -2.41. The van der Waals surface area contributed by atoms with Crippen molar-refractivity contribution >= 4 is 17.5 Å². The van der Waals surface area contributed by atoms with Gasteiger partial charge in [0.25, 0.3) is 0 Å². The standard InChI is InChI=1S/C26H30N6O2/c1-30(2)21-10-7-18(8-11-21)23-15-24(29-28-23)20-6-5-13-32(17-20)26(33)34-25-14-22(31(3)4)12-9-19(25)16-27/h7-12,14-15,20H,5-6,13,17H2,1-4H3,(H,28,29)/t20-/m0/s1. The molecule has 2 heterocycles. The maximum Gasteiger partial charge on any atom is 0.415 e. The molecule has 4 rings (SSSR count). The number of rotatable bonds is 5. The van der Waals surface area contributed by atoms with E-state index in [4.69, 9.17) is 4.74 Å². The number of nitrogens with one attached hydrogen (secondary N) is 1. The van der Waals surface area contributed by atoms with E-state index >= 15 is 0 Å². The monoisotopic (exact) mass is 458 g/mol. The highest BCUT2D eigenvalue weighted by Gasteiger charge is 2.28. The molecule has 0 saturated carbocycles. The fraction of sp³-hybridized carbons (Fsp3) is 0.346. The predicted molar refractivity (Wildman–Crippen MR) is 133 cm³/mol. The molecule has 3 aromatic rings. The van der Waals surface area contributed by atoms with Crippen LogP contribution in [0.1, 0.15) is 30.0 Å². The number of ether oxygens (including phenoxy) is 1. The average molecular weight is 459 g/mol. The molecule has 1 amide bonds. The Kier molecular flexibility index (Phi) is 6.73. The van der Waals surface area contributed by atoms with Gasteiger partial charge in [0.2, 0.25) is 0 Å². The van der Waals surface area contributed by atoms with E-state index in [1.54, 1.807) is 17.0 Å². The van der Waals surface area contributed by atoms with Gasteiger partial charge in [-0.2, -0.15) is 10.4 Å². The Hall–Kier alpha value is -3.99. The normalized spacial score (nSPS) is 15.5. The SMILES string of the molecule is CN(C)c1ccc(-c2cc([C@H]3CCCN(C(=O)Oc4cc(N(C)C)ccc4C#N)C3)[nH]n2)cc1. The minimum atomic E-state index is -0.434. The van der Waals surface area contributed by atoms with E-state index in [1.165, 1.54) is 0 Å². The molecule has 0 spiro atoms. The lowest BCUT2D eigenvalue weighted by atomic mass is 9.94. The predicted octanol–water partition coefficient (Wildman–Crippen LogP) is 4.46. The van der Waals surface area contributed by atoms with E-state index in [0.717, 1.165) is 41.2 Å². The number of hydrogen-bond donors (Lipinski definition) is 1. The Labute approximate surface area is 200 Å². The molecule has 1 aliphatic heterocycles. The van der Waals surface area contributed by atoms with Crippen molar-refractivity contribution in [1.82, 2.24) is 15.1 Å². The topological polar surface area (TPSA) is 88.5 Å². The molecule has 176 valence electrons. The second kappa shape index (κ2) is 9.87. The van der Waals surface area contributed by atoms with Gasteiger partial charge in [-0.05, 0) is 43.2 Å². The van der Waals surface area contributed by atoms with Gasteiger partial charge in [0.05, 0.1) is 11.3 Å². The number of aromatic amines is 1. The van der Waals surface area contributed by atoms with Crippen molar-refractivity contribution in [2.24, 2.45) is 0 Å². The Balaban J connectivity index is 1.45. The largest absolute Gasteiger partial charge is 0.415 e. The summed E-state index contributed by atoms with van der Waals surface area (Å²) in [5, 5.41) is 17.1. The van der Waals surface area contributed by atoms with Gasteiger partial charge in [0, 0.05) is 75.9 Å². The Bertz CT molecular complexity index is 1190. The highest BCUT2D eigenvalue weighted by Crippen LogP contribution is 2.30. The molecular weight excluding hydrogens is 428 g/mol. The van der Waals surface area contributed by atoms with Crippen LogP contribution in [-0.4, -0.2) is 62.5 Å². The molecule has 34 heavy (non-hydrogen) atoms. The zero-order valence-corrected chi connectivity index (χ0v) is 20.1. The van der Waals surface area contributed by atoms with Crippen LogP contribution in [0.3, 0.4) is 0 Å². The molecular formula is C26H30N6O2. The van der Waals surface area contributed by atoms with Gasteiger partial charge in [-0.3, -0.25) is 5.10 Å². The van der Waals surface area contributed by atoms with E-state index in [0.29, 0.717) is 18.7 Å². The second-order valence-corrected chi connectivity index (χ2v) is 8.99. The first-order valence-corrected chi connectivity index (χ1v) is 11.4. The quantitative estimate of drug-likeness (QED) is 0.607. The zero-order valence-electron chi connectivity index (χ0n) is 20.1. The first-order chi connectivity index (χ1) is 16.4. The van der Waals surface area contributed by atoms with Crippen molar-refractivity contribution in [3.8, 4) is 23.1 Å². The van der Waals surface area contributed by atoms with Crippen LogP contribution in [-0.2, 0) is 0 Å². The first-order valence-electron chi connectivity index (χ1n) is 11.4. The number of nitriles is 1. The molecule has 1 N–H and O–H groups in total. The van der Waals surface area contributed by atoms with Crippen LogP contribution >= 0.6 is 0 Å². The number of carbonyl (C=O) groups excluding carboxylic acids is 1. The highest BCUT2D eigenvalue weighted by atomic mass is 16.6. The third-order valence-corrected chi connectivity index (χ3v) is 6.20. The van der Waals surface area contributed by atoms with Crippen molar-refractivity contribution < 1.29 is 9.53 Å². The van der Waals surface area contributed by atoms with Crippen molar-refractivity contribution in [3.63, 3.8) is 0 Å². The number of aromatic nitrogens is 2. The number of H-pyrrole nitrogens is 1. The summed E-state index contributed by atoms with van der Waals surface area (Å²) in [6, 6.07) is 17.7. The summed E-state index contributed by atoms with van der Waals surface area (Å²) in [5.41, 5.74) is 5.28. The third kappa shape index (κ3) is 4.99. The molecule has 1 aliphatic rings. The number of likely N-dealkylation sites (tertiary alicyclic amines) is 1. The Morgan fingerprint density at radius 2 is 1.79 bits per heavy atom. The summed E-state index contributed by atoms with van der Waals surface area (Å²) in [6.07, 6.45) is 1.40. The molecule has 0 bridgehead atoms. The summed E-state index contributed by atoms with van der Waals surface area (Å²) in [6.45, 7) is 1.16. The van der Waals surface area contributed by atoms with E-state index in [1.807, 2.05) is 39.2 Å². The molecule has 0 aliphatic carbocycles. The summed E-state index contributed by atoms with van der Waals surface area (Å²) >= 11 is 0. The van der Waals surface area contributed by atoms with Crippen molar-refractivity contribution in [1.29, 1.82) is 5.26 Å². The van der Waals surface area contributed by atoms with E-state index in [-0.39, 0.29) is 11.7 Å². The van der Waals surface area contributed by atoms with E-state index in [2.05, 4.69) is 51.5 Å². The maximum atomic E-state index is 13.0. The molecule has 2 aromatic carbocycles. The Morgan fingerprint density at radius 3 is 2.47 bits per heavy atom. The van der Waals surface area contributed by atoms with E-state index < -0.39 is 6.09 Å². The summed E-state index contributed by atoms with van der Waals surface area (Å²) in [7, 11) is 7.83. The molecule has 1 aromatic heterocycles. The molecule has 1 fully saturated rings. The number of nitrogens with zero attached hydrogens (tertiary/aromatic N) is 5. The summed E-state index contributed by atoms with van der Waals surface area (Å²) in [4.78, 5) is 18.6. The average Bonchev–Trinajstić information content (AvgIpc) is 3.34. The minimum Gasteiger partial charge on any atom is -0.409 e. The fourth-order valence-electron chi connectivity index (χ4n) is 4.15. The third-order valence-electron chi connectivity index (χ3n) is 6.20. The van der Waals surface area contributed by atoms with Crippen LogP contribution in [0.5, 0.6) is 5.75 Å². The summed E-state index contributed by atoms with van der Waals surface area (Å²) in [5.74, 6) is 0.429. The van der Waals surface area contributed by atoms with Crippen LogP contribution in [0.4, 0.5) is 16.2 Å².